The molecule has 2 heterocycles. The molecular weight excluding hydrogens is 434 g/mol. The summed E-state index contributed by atoms with van der Waals surface area (Å²) in [5.41, 5.74) is 2.06. The van der Waals surface area contributed by atoms with Gasteiger partial charge in [-0.2, -0.15) is 0 Å². The third-order valence-corrected chi connectivity index (χ3v) is 7.52. The summed E-state index contributed by atoms with van der Waals surface area (Å²) in [5, 5.41) is 4.86. The average molecular weight is 464 g/mol. The molecule has 2 aromatic carbocycles. The molecule has 33 heavy (non-hydrogen) atoms. The second-order valence-corrected chi connectivity index (χ2v) is 10.1. The first-order valence-corrected chi connectivity index (χ1v) is 12.3. The Kier molecular flexibility index (Phi) is 5.69. The average Bonchev–Trinajstić information content (AvgIpc) is 2.97. The fraction of sp³-hybridized carbons (Fsp3) is 0.407. The first-order chi connectivity index (χ1) is 15.9. The molecule has 5 rings (SSSR count). The molecule has 5 nitrogen and oxygen atoms in total. The Morgan fingerprint density at radius 1 is 1.06 bits per heavy atom. The lowest BCUT2D eigenvalue weighted by atomic mass is 9.92. The summed E-state index contributed by atoms with van der Waals surface area (Å²) in [4.78, 5) is 29.6. The molecule has 0 unspecified atom stereocenters. The van der Waals surface area contributed by atoms with Gasteiger partial charge in [0.25, 0.3) is 5.91 Å². The van der Waals surface area contributed by atoms with Crippen LogP contribution in [0.3, 0.4) is 0 Å². The molecule has 2 aliphatic rings. The van der Waals surface area contributed by atoms with E-state index in [1.165, 1.54) is 12.8 Å². The van der Waals surface area contributed by atoms with Crippen LogP contribution in [0, 0.1) is 6.92 Å². The second-order valence-electron chi connectivity index (χ2n) is 9.68. The Hall–Kier alpha value is -2.79. The van der Waals surface area contributed by atoms with Crippen LogP contribution >= 0.6 is 11.6 Å². The molecule has 0 radical (unpaired) electrons. The lowest BCUT2D eigenvalue weighted by Crippen LogP contribution is -2.65. The summed E-state index contributed by atoms with van der Waals surface area (Å²) in [6.07, 6.45) is 6.67. The number of carbonyl (C=O) groups excluding carboxylic acids is 2. The van der Waals surface area contributed by atoms with E-state index in [2.05, 4.69) is 5.32 Å². The maximum atomic E-state index is 14.0. The molecule has 3 aromatic rings. The number of rotatable bonds is 3. The number of nitrogens with zero attached hydrogens (tertiary/aromatic N) is 2. The van der Waals surface area contributed by atoms with Crippen molar-refractivity contribution in [2.75, 3.05) is 4.90 Å². The summed E-state index contributed by atoms with van der Waals surface area (Å²) >= 11 is 6.35. The SMILES string of the molecule is Cc1ccc(Cl)cc1N1C(=O)c2cc3ccccc3n2C[C@]1(C)C(=O)NC1CCCCCC1. The number of fused-ring (bicyclic) bond motifs is 3. The molecule has 0 saturated heterocycles. The molecule has 1 atom stereocenters. The Morgan fingerprint density at radius 2 is 1.79 bits per heavy atom. The molecule has 1 aliphatic heterocycles. The fourth-order valence-corrected chi connectivity index (χ4v) is 5.58. The van der Waals surface area contributed by atoms with Gasteiger partial charge in [0, 0.05) is 27.7 Å². The predicted octanol–water partition coefficient (Wildman–Crippen LogP) is 5.86. The number of aromatic nitrogens is 1. The van der Waals surface area contributed by atoms with Gasteiger partial charge in [0.1, 0.15) is 11.2 Å². The van der Waals surface area contributed by atoms with Gasteiger partial charge >= 0.3 is 0 Å². The molecule has 1 N–H and O–H groups in total. The summed E-state index contributed by atoms with van der Waals surface area (Å²) < 4.78 is 2.00. The first kappa shape index (κ1) is 22.0. The van der Waals surface area contributed by atoms with E-state index >= 15 is 0 Å². The molecule has 2 amide bonds. The molecule has 1 fully saturated rings. The zero-order valence-corrected chi connectivity index (χ0v) is 20.0. The van der Waals surface area contributed by atoms with Crippen LogP contribution in [0.15, 0.2) is 48.5 Å². The Labute approximate surface area is 199 Å². The van der Waals surface area contributed by atoms with Crippen LogP contribution in [-0.4, -0.2) is 28.0 Å². The highest BCUT2D eigenvalue weighted by atomic mass is 35.5. The van der Waals surface area contributed by atoms with E-state index in [0.29, 0.717) is 22.9 Å². The molecule has 1 saturated carbocycles. The van der Waals surface area contributed by atoms with E-state index in [9.17, 15) is 9.59 Å². The van der Waals surface area contributed by atoms with Gasteiger partial charge in [-0.25, -0.2) is 0 Å². The van der Waals surface area contributed by atoms with Crippen molar-refractivity contribution in [2.45, 2.75) is 70.5 Å². The van der Waals surface area contributed by atoms with Crippen molar-refractivity contribution in [3.8, 4) is 0 Å². The van der Waals surface area contributed by atoms with Crippen LogP contribution in [0.25, 0.3) is 10.9 Å². The minimum absolute atomic E-state index is 0.106. The molecular formula is C27H30ClN3O2. The van der Waals surface area contributed by atoms with Crippen molar-refractivity contribution >= 4 is 40.0 Å². The van der Waals surface area contributed by atoms with Gasteiger partial charge in [0.15, 0.2) is 0 Å². The highest BCUT2D eigenvalue weighted by Gasteiger charge is 2.49. The number of carbonyl (C=O) groups is 2. The van der Waals surface area contributed by atoms with Gasteiger partial charge in [-0.1, -0.05) is 61.5 Å². The third kappa shape index (κ3) is 3.82. The Morgan fingerprint density at radius 3 is 2.55 bits per heavy atom. The van der Waals surface area contributed by atoms with Crippen LogP contribution in [0.5, 0.6) is 0 Å². The van der Waals surface area contributed by atoms with E-state index in [-0.39, 0.29) is 17.9 Å². The van der Waals surface area contributed by atoms with Gasteiger partial charge in [-0.3, -0.25) is 14.5 Å². The monoisotopic (exact) mass is 463 g/mol. The highest BCUT2D eigenvalue weighted by Crippen LogP contribution is 2.38. The van der Waals surface area contributed by atoms with E-state index in [4.69, 9.17) is 11.6 Å². The number of amides is 2. The smallest absolute Gasteiger partial charge is 0.275 e. The molecule has 0 spiro atoms. The molecule has 0 bridgehead atoms. The molecule has 172 valence electrons. The second kappa shape index (κ2) is 8.53. The van der Waals surface area contributed by atoms with Gasteiger partial charge in [-0.15, -0.1) is 0 Å². The minimum Gasteiger partial charge on any atom is -0.351 e. The number of aryl methyl sites for hydroxylation is 1. The van der Waals surface area contributed by atoms with Crippen molar-refractivity contribution in [3.63, 3.8) is 0 Å². The zero-order valence-electron chi connectivity index (χ0n) is 19.2. The number of hydrogen-bond acceptors (Lipinski definition) is 2. The number of anilines is 1. The zero-order chi connectivity index (χ0) is 23.2. The summed E-state index contributed by atoms with van der Waals surface area (Å²) in [6.45, 7) is 4.22. The van der Waals surface area contributed by atoms with Crippen molar-refractivity contribution in [1.29, 1.82) is 0 Å². The van der Waals surface area contributed by atoms with E-state index in [1.54, 1.807) is 11.0 Å². The summed E-state index contributed by atoms with van der Waals surface area (Å²) in [7, 11) is 0. The topological polar surface area (TPSA) is 54.3 Å². The normalized spacial score (nSPS) is 21.7. The minimum atomic E-state index is -1.09. The number of halogens is 1. The number of nitrogens with one attached hydrogen (secondary N) is 1. The van der Waals surface area contributed by atoms with Crippen LogP contribution in [0.1, 0.15) is 61.5 Å². The van der Waals surface area contributed by atoms with Gasteiger partial charge in [0.05, 0.1) is 6.54 Å². The number of para-hydroxylation sites is 1. The van der Waals surface area contributed by atoms with E-state index in [0.717, 1.165) is 42.1 Å². The Balaban J connectivity index is 1.62. The number of hydrogen-bond donors (Lipinski definition) is 1. The molecule has 6 heteroatoms. The number of benzene rings is 2. The largest absolute Gasteiger partial charge is 0.351 e. The van der Waals surface area contributed by atoms with Gasteiger partial charge in [-0.05, 0) is 56.5 Å². The van der Waals surface area contributed by atoms with Crippen molar-refractivity contribution < 1.29 is 9.59 Å². The van der Waals surface area contributed by atoms with Gasteiger partial charge in [0.2, 0.25) is 5.91 Å². The highest BCUT2D eigenvalue weighted by molar-refractivity contribution is 6.31. The van der Waals surface area contributed by atoms with Crippen molar-refractivity contribution in [3.05, 3.63) is 64.8 Å². The Bertz CT molecular complexity index is 1230. The van der Waals surface area contributed by atoms with Crippen molar-refractivity contribution in [1.82, 2.24) is 9.88 Å². The predicted molar refractivity (Wildman–Crippen MR) is 133 cm³/mol. The van der Waals surface area contributed by atoms with Crippen molar-refractivity contribution in [2.24, 2.45) is 0 Å². The lowest BCUT2D eigenvalue weighted by Gasteiger charge is -2.45. The summed E-state index contributed by atoms with van der Waals surface area (Å²) in [5.74, 6) is -0.285. The van der Waals surface area contributed by atoms with E-state index < -0.39 is 5.54 Å². The fourth-order valence-electron chi connectivity index (χ4n) is 5.41. The first-order valence-electron chi connectivity index (χ1n) is 11.9. The van der Waals surface area contributed by atoms with Crippen LogP contribution < -0.4 is 10.2 Å². The quantitative estimate of drug-likeness (QED) is 0.494. The van der Waals surface area contributed by atoms with Crippen LogP contribution in [0.4, 0.5) is 5.69 Å². The van der Waals surface area contributed by atoms with E-state index in [1.807, 2.05) is 60.9 Å². The summed E-state index contributed by atoms with van der Waals surface area (Å²) in [6, 6.07) is 15.5. The standard InChI is InChI=1S/C27H30ClN3O2/c1-18-13-14-20(28)16-23(18)31-25(32)24-15-19-9-7-8-12-22(19)30(24)17-27(31,2)26(33)29-21-10-5-3-4-6-11-21/h7-9,12-16,21H,3-6,10-11,17H2,1-2H3,(H,29,33)/t27-/m1/s1. The van der Waals surface area contributed by atoms with Crippen LogP contribution in [-0.2, 0) is 11.3 Å². The molecule has 1 aliphatic carbocycles. The van der Waals surface area contributed by atoms with Gasteiger partial charge < -0.3 is 9.88 Å². The maximum Gasteiger partial charge on any atom is 0.275 e. The lowest BCUT2D eigenvalue weighted by molar-refractivity contribution is -0.127. The van der Waals surface area contributed by atoms with Crippen LogP contribution in [0.2, 0.25) is 5.02 Å². The third-order valence-electron chi connectivity index (χ3n) is 7.28. The maximum absolute atomic E-state index is 14.0. The molecule has 1 aromatic heterocycles.